The van der Waals surface area contributed by atoms with Crippen LogP contribution in [-0.4, -0.2) is 11.3 Å². The first-order valence-electron chi connectivity index (χ1n) is 4.17. The Morgan fingerprint density at radius 1 is 1.41 bits per heavy atom. The molecule has 0 atom stereocenters. The van der Waals surface area contributed by atoms with Crippen LogP contribution in [0.3, 0.4) is 0 Å². The maximum Gasteiger partial charge on any atom is 0.573 e. The van der Waals surface area contributed by atoms with Gasteiger partial charge in [-0.2, -0.15) is 0 Å². The van der Waals surface area contributed by atoms with Gasteiger partial charge in [-0.1, -0.05) is 0 Å². The average molecular weight is 321 g/mol. The fraction of sp³-hybridized carbons (Fsp3) is 0.375. The predicted octanol–water partition coefficient (Wildman–Crippen LogP) is 3.14. The molecule has 1 heterocycles. The van der Waals surface area contributed by atoms with Gasteiger partial charge in [-0.05, 0) is 15.9 Å². The van der Waals surface area contributed by atoms with E-state index in [9.17, 15) is 22.0 Å². The Hall–Kier alpha value is -0.960. The normalized spacial score (nSPS) is 12.0. The van der Waals surface area contributed by atoms with Crippen LogP contribution in [0.2, 0.25) is 0 Å². The first-order valence-corrected chi connectivity index (χ1v) is 4.96. The molecule has 1 aromatic rings. The van der Waals surface area contributed by atoms with E-state index in [2.05, 4.69) is 25.7 Å². The van der Waals surface area contributed by atoms with Crippen LogP contribution in [0.4, 0.5) is 22.0 Å². The van der Waals surface area contributed by atoms with Gasteiger partial charge in [0.15, 0.2) is 5.75 Å². The molecule has 0 fully saturated rings. The Kier molecular flexibility index (Phi) is 4.26. The van der Waals surface area contributed by atoms with Crippen LogP contribution in [0.25, 0.3) is 0 Å². The summed E-state index contributed by atoms with van der Waals surface area (Å²) < 4.78 is 64.2. The minimum Gasteiger partial charge on any atom is -0.403 e. The number of hydrogen-bond donors (Lipinski definition) is 1. The summed E-state index contributed by atoms with van der Waals surface area (Å²) in [6.07, 6.45) is -7.30. The second kappa shape index (κ2) is 5.13. The molecule has 0 radical (unpaired) electrons. The molecule has 2 N–H and O–H groups in total. The molecular weight excluding hydrogens is 315 g/mol. The van der Waals surface area contributed by atoms with Crippen LogP contribution >= 0.6 is 15.9 Å². The van der Waals surface area contributed by atoms with Gasteiger partial charge in [-0.3, -0.25) is 4.98 Å². The number of pyridine rings is 1. The maximum absolute atomic E-state index is 12.6. The lowest BCUT2D eigenvalue weighted by molar-refractivity contribution is -0.275. The van der Waals surface area contributed by atoms with Crippen molar-refractivity contribution in [2.24, 2.45) is 5.73 Å². The zero-order chi connectivity index (χ0) is 13.2. The second-order valence-electron chi connectivity index (χ2n) is 2.85. The molecule has 0 unspecified atom stereocenters. The molecule has 0 aliphatic rings. The molecule has 0 bridgehead atoms. The number of ether oxygens (including phenoxy) is 1. The quantitative estimate of drug-likeness (QED) is 0.870. The van der Waals surface area contributed by atoms with Crippen LogP contribution in [0.15, 0.2) is 10.7 Å². The van der Waals surface area contributed by atoms with Gasteiger partial charge >= 0.3 is 6.36 Å². The summed E-state index contributed by atoms with van der Waals surface area (Å²) in [5.74, 6) is -0.829. The molecule has 0 aliphatic heterocycles. The maximum atomic E-state index is 12.6. The summed E-state index contributed by atoms with van der Waals surface area (Å²) in [6, 6.07) is 0. The van der Waals surface area contributed by atoms with Crippen LogP contribution in [-0.2, 0) is 6.54 Å². The fourth-order valence-corrected chi connectivity index (χ4v) is 1.69. The summed E-state index contributed by atoms with van der Waals surface area (Å²) in [4.78, 5) is 3.40. The van der Waals surface area contributed by atoms with Gasteiger partial charge in [0, 0.05) is 6.54 Å². The van der Waals surface area contributed by atoms with E-state index in [1.165, 1.54) is 0 Å². The zero-order valence-corrected chi connectivity index (χ0v) is 9.65. The molecule has 0 amide bonds. The molecule has 0 aromatic carbocycles. The number of nitrogens with two attached hydrogens (primary N) is 1. The third-order valence-corrected chi connectivity index (χ3v) is 2.56. The molecule has 0 saturated heterocycles. The minimum atomic E-state index is -4.98. The summed E-state index contributed by atoms with van der Waals surface area (Å²) >= 11 is 2.63. The first-order chi connectivity index (χ1) is 7.76. The summed E-state index contributed by atoms with van der Waals surface area (Å²) in [7, 11) is 0. The van der Waals surface area contributed by atoms with Gasteiger partial charge in [-0.25, -0.2) is 8.78 Å². The molecule has 0 saturated carbocycles. The van der Waals surface area contributed by atoms with Gasteiger partial charge in [0.05, 0.1) is 21.9 Å². The summed E-state index contributed by atoms with van der Waals surface area (Å²) in [6.45, 7) is -0.315. The highest BCUT2D eigenvalue weighted by atomic mass is 79.9. The van der Waals surface area contributed by atoms with Crippen molar-refractivity contribution in [2.45, 2.75) is 19.3 Å². The third-order valence-electron chi connectivity index (χ3n) is 1.74. The van der Waals surface area contributed by atoms with E-state index in [-0.39, 0.29) is 12.2 Å². The molecule has 0 aliphatic carbocycles. The van der Waals surface area contributed by atoms with Crippen molar-refractivity contribution in [3.8, 4) is 5.75 Å². The Balaban J connectivity index is 3.23. The molecule has 1 aromatic heterocycles. The lowest BCUT2D eigenvalue weighted by Crippen LogP contribution is -2.18. The SMILES string of the molecule is NCc1ncc(OC(F)(F)F)c(Br)c1C(F)F. The number of hydrogen-bond acceptors (Lipinski definition) is 3. The molecule has 0 spiro atoms. The Morgan fingerprint density at radius 2 is 2.00 bits per heavy atom. The van der Waals surface area contributed by atoms with Gasteiger partial charge < -0.3 is 10.5 Å². The van der Waals surface area contributed by atoms with Crippen molar-refractivity contribution in [3.63, 3.8) is 0 Å². The molecule has 17 heavy (non-hydrogen) atoms. The lowest BCUT2D eigenvalue weighted by Gasteiger charge is -2.14. The molecular formula is C8H6BrF5N2O. The van der Waals surface area contributed by atoms with Gasteiger partial charge in [0.25, 0.3) is 6.43 Å². The van der Waals surface area contributed by atoms with Crippen molar-refractivity contribution in [3.05, 3.63) is 21.9 Å². The number of nitrogens with zero attached hydrogens (tertiary/aromatic N) is 1. The lowest BCUT2D eigenvalue weighted by atomic mass is 10.2. The highest BCUT2D eigenvalue weighted by Crippen LogP contribution is 2.38. The van der Waals surface area contributed by atoms with E-state index in [0.29, 0.717) is 6.20 Å². The van der Waals surface area contributed by atoms with E-state index in [1.54, 1.807) is 0 Å². The highest BCUT2D eigenvalue weighted by molar-refractivity contribution is 9.10. The van der Waals surface area contributed by atoms with Gasteiger partial charge in [0.1, 0.15) is 0 Å². The molecule has 96 valence electrons. The smallest absolute Gasteiger partial charge is 0.403 e. The third kappa shape index (κ3) is 3.50. The zero-order valence-electron chi connectivity index (χ0n) is 8.06. The number of rotatable bonds is 3. The Labute approximate surface area is 101 Å². The van der Waals surface area contributed by atoms with Crippen LogP contribution < -0.4 is 10.5 Å². The molecule has 9 heteroatoms. The monoisotopic (exact) mass is 320 g/mol. The van der Waals surface area contributed by atoms with Crippen LogP contribution in [0.1, 0.15) is 17.7 Å². The van der Waals surface area contributed by atoms with E-state index in [4.69, 9.17) is 5.73 Å². The second-order valence-corrected chi connectivity index (χ2v) is 3.64. The van der Waals surface area contributed by atoms with E-state index >= 15 is 0 Å². The van der Waals surface area contributed by atoms with E-state index < -0.39 is 28.6 Å². The van der Waals surface area contributed by atoms with E-state index in [1.807, 2.05) is 0 Å². The van der Waals surface area contributed by atoms with Crippen molar-refractivity contribution < 1.29 is 26.7 Å². The fourth-order valence-electron chi connectivity index (χ4n) is 1.10. The minimum absolute atomic E-state index is 0.193. The number of alkyl halides is 5. The number of aromatic nitrogens is 1. The van der Waals surface area contributed by atoms with E-state index in [0.717, 1.165) is 0 Å². The van der Waals surface area contributed by atoms with Gasteiger partial charge in [0.2, 0.25) is 0 Å². The highest BCUT2D eigenvalue weighted by Gasteiger charge is 2.33. The topological polar surface area (TPSA) is 48.1 Å². The van der Waals surface area contributed by atoms with Gasteiger partial charge in [-0.15, -0.1) is 13.2 Å². The van der Waals surface area contributed by atoms with Crippen molar-refractivity contribution in [1.82, 2.24) is 4.98 Å². The van der Waals surface area contributed by atoms with Crippen molar-refractivity contribution >= 4 is 15.9 Å². The Bertz CT molecular complexity index is 410. The van der Waals surface area contributed by atoms with Crippen molar-refractivity contribution in [1.29, 1.82) is 0 Å². The summed E-state index contributed by atoms with van der Waals surface area (Å²) in [5.41, 5.74) is 4.26. The largest absolute Gasteiger partial charge is 0.573 e. The number of halogens is 6. The standard InChI is InChI=1S/C8H6BrF5N2O/c9-6-4(17-8(12,13)14)2-16-3(1-15)5(6)7(10)11/h2,7H,1,15H2. The average Bonchev–Trinajstić information content (AvgIpc) is 2.18. The molecule has 1 rings (SSSR count). The predicted molar refractivity (Wildman–Crippen MR) is 51.5 cm³/mol. The molecule has 3 nitrogen and oxygen atoms in total. The summed E-state index contributed by atoms with van der Waals surface area (Å²) in [5, 5.41) is 0. The van der Waals surface area contributed by atoms with Crippen LogP contribution in [0, 0.1) is 0 Å². The van der Waals surface area contributed by atoms with Crippen molar-refractivity contribution in [2.75, 3.05) is 0 Å². The Morgan fingerprint density at radius 3 is 2.41 bits per heavy atom. The first kappa shape index (κ1) is 14.1. The van der Waals surface area contributed by atoms with Crippen LogP contribution in [0.5, 0.6) is 5.75 Å².